The second kappa shape index (κ2) is 12.8. The van der Waals surface area contributed by atoms with E-state index in [2.05, 4.69) is 31.6 Å². The van der Waals surface area contributed by atoms with Crippen LogP contribution in [0.4, 0.5) is 4.39 Å². The SMILES string of the molecule is CN=C(NCC(OC)c1ccc(F)cc1)NC1CCN(Cc2ccccn2)CC1.I. The Morgan fingerprint density at radius 2 is 1.97 bits per heavy atom. The predicted molar refractivity (Wildman–Crippen MR) is 129 cm³/mol. The molecule has 0 bridgehead atoms. The quantitative estimate of drug-likeness (QED) is 0.329. The van der Waals surface area contributed by atoms with Crippen molar-refractivity contribution in [1.82, 2.24) is 20.5 Å². The third-order valence-electron chi connectivity index (χ3n) is 5.24. The third kappa shape index (κ3) is 7.48. The highest BCUT2D eigenvalue weighted by atomic mass is 127. The van der Waals surface area contributed by atoms with Gasteiger partial charge in [0.05, 0.1) is 11.8 Å². The van der Waals surface area contributed by atoms with Crippen LogP contribution in [0.25, 0.3) is 0 Å². The molecule has 2 heterocycles. The van der Waals surface area contributed by atoms with Crippen molar-refractivity contribution in [2.45, 2.75) is 31.5 Å². The molecular weight excluding hydrogens is 496 g/mol. The first-order valence-electron chi connectivity index (χ1n) is 10.1. The molecule has 2 N–H and O–H groups in total. The minimum absolute atomic E-state index is 0. The van der Waals surface area contributed by atoms with Gasteiger partial charge in [0.2, 0.25) is 0 Å². The summed E-state index contributed by atoms with van der Waals surface area (Å²) in [5, 5.41) is 6.84. The summed E-state index contributed by atoms with van der Waals surface area (Å²) >= 11 is 0. The van der Waals surface area contributed by atoms with Crippen molar-refractivity contribution in [3.8, 4) is 0 Å². The van der Waals surface area contributed by atoms with E-state index in [1.54, 1.807) is 26.3 Å². The molecular formula is C22H31FIN5O. The topological polar surface area (TPSA) is 61.8 Å². The fraction of sp³-hybridized carbons (Fsp3) is 0.455. The van der Waals surface area contributed by atoms with E-state index in [1.165, 1.54) is 12.1 Å². The summed E-state index contributed by atoms with van der Waals surface area (Å²) in [6.45, 7) is 3.51. The van der Waals surface area contributed by atoms with Crippen LogP contribution in [0.15, 0.2) is 53.7 Å². The lowest BCUT2D eigenvalue weighted by atomic mass is 10.0. The van der Waals surface area contributed by atoms with Crippen LogP contribution in [-0.4, -0.2) is 55.7 Å². The number of piperidine rings is 1. The van der Waals surface area contributed by atoms with Crippen LogP contribution in [0.3, 0.4) is 0 Å². The van der Waals surface area contributed by atoms with Crippen molar-refractivity contribution in [2.75, 3.05) is 33.8 Å². The third-order valence-corrected chi connectivity index (χ3v) is 5.24. The van der Waals surface area contributed by atoms with E-state index >= 15 is 0 Å². The van der Waals surface area contributed by atoms with Crippen LogP contribution >= 0.6 is 24.0 Å². The van der Waals surface area contributed by atoms with Gasteiger partial charge in [0.25, 0.3) is 0 Å². The number of guanidine groups is 1. The van der Waals surface area contributed by atoms with Gasteiger partial charge in [-0.25, -0.2) is 4.39 Å². The number of benzene rings is 1. The summed E-state index contributed by atoms with van der Waals surface area (Å²) < 4.78 is 18.7. The van der Waals surface area contributed by atoms with Gasteiger partial charge in [-0.05, 0) is 42.7 Å². The van der Waals surface area contributed by atoms with E-state index in [1.807, 2.05) is 18.3 Å². The molecule has 0 aliphatic carbocycles. The maximum atomic E-state index is 13.1. The number of hydrogen-bond acceptors (Lipinski definition) is 4. The molecule has 0 amide bonds. The number of aromatic nitrogens is 1. The first-order valence-corrected chi connectivity index (χ1v) is 10.1. The highest BCUT2D eigenvalue weighted by Gasteiger charge is 2.20. The van der Waals surface area contributed by atoms with Gasteiger partial charge in [-0.1, -0.05) is 18.2 Å². The normalized spacial score (nSPS) is 16.6. The Kier molecular flexibility index (Phi) is 10.5. The number of methoxy groups -OCH3 is 1. The second-order valence-electron chi connectivity index (χ2n) is 7.24. The average Bonchev–Trinajstić information content (AvgIpc) is 2.76. The van der Waals surface area contributed by atoms with E-state index in [9.17, 15) is 4.39 Å². The highest BCUT2D eigenvalue weighted by Crippen LogP contribution is 2.16. The lowest BCUT2D eigenvalue weighted by Crippen LogP contribution is -2.49. The minimum Gasteiger partial charge on any atom is -0.375 e. The fourth-order valence-electron chi connectivity index (χ4n) is 3.55. The van der Waals surface area contributed by atoms with Crippen molar-refractivity contribution in [3.05, 3.63) is 65.7 Å². The smallest absolute Gasteiger partial charge is 0.191 e. The van der Waals surface area contributed by atoms with Crippen molar-refractivity contribution < 1.29 is 9.13 Å². The average molecular weight is 527 g/mol. The van der Waals surface area contributed by atoms with Crippen molar-refractivity contribution in [1.29, 1.82) is 0 Å². The maximum absolute atomic E-state index is 13.1. The molecule has 1 atom stereocenters. The van der Waals surface area contributed by atoms with Gasteiger partial charge in [-0.3, -0.25) is 14.9 Å². The summed E-state index contributed by atoms with van der Waals surface area (Å²) in [4.78, 5) is 11.2. The van der Waals surface area contributed by atoms with E-state index < -0.39 is 0 Å². The summed E-state index contributed by atoms with van der Waals surface area (Å²) in [6.07, 6.45) is 3.78. The Labute approximate surface area is 195 Å². The second-order valence-corrected chi connectivity index (χ2v) is 7.24. The molecule has 1 aromatic heterocycles. The Morgan fingerprint density at radius 3 is 2.57 bits per heavy atom. The lowest BCUT2D eigenvalue weighted by molar-refractivity contribution is 0.106. The summed E-state index contributed by atoms with van der Waals surface area (Å²) in [6, 6.07) is 12.8. The van der Waals surface area contributed by atoms with Gasteiger partial charge in [0.1, 0.15) is 5.82 Å². The zero-order chi connectivity index (χ0) is 20.5. The van der Waals surface area contributed by atoms with Crippen LogP contribution in [0.5, 0.6) is 0 Å². The van der Waals surface area contributed by atoms with Gasteiger partial charge in [-0.15, -0.1) is 24.0 Å². The van der Waals surface area contributed by atoms with Gasteiger partial charge in [0, 0.05) is 52.6 Å². The molecule has 2 aromatic rings. The van der Waals surface area contributed by atoms with Gasteiger partial charge < -0.3 is 15.4 Å². The number of nitrogens with zero attached hydrogens (tertiary/aromatic N) is 3. The molecule has 1 saturated heterocycles. The summed E-state index contributed by atoms with van der Waals surface area (Å²) in [7, 11) is 3.43. The van der Waals surface area contributed by atoms with Crippen molar-refractivity contribution in [3.63, 3.8) is 0 Å². The molecule has 1 aromatic carbocycles. The van der Waals surface area contributed by atoms with Gasteiger partial charge in [0.15, 0.2) is 5.96 Å². The molecule has 30 heavy (non-hydrogen) atoms. The monoisotopic (exact) mass is 527 g/mol. The molecule has 1 aliphatic heterocycles. The Morgan fingerprint density at radius 1 is 1.23 bits per heavy atom. The van der Waals surface area contributed by atoms with Gasteiger partial charge >= 0.3 is 0 Å². The molecule has 8 heteroatoms. The number of ether oxygens (including phenoxy) is 1. The van der Waals surface area contributed by atoms with Crippen LogP contribution in [-0.2, 0) is 11.3 Å². The first kappa shape index (κ1) is 24.5. The van der Waals surface area contributed by atoms with Gasteiger partial charge in [-0.2, -0.15) is 0 Å². The molecule has 0 spiro atoms. The molecule has 1 aliphatic rings. The van der Waals surface area contributed by atoms with Crippen LogP contribution in [0.2, 0.25) is 0 Å². The zero-order valence-corrected chi connectivity index (χ0v) is 19.9. The maximum Gasteiger partial charge on any atom is 0.191 e. The Balaban J connectivity index is 0.00000320. The number of pyridine rings is 1. The number of rotatable bonds is 7. The summed E-state index contributed by atoms with van der Waals surface area (Å²) in [5.41, 5.74) is 2.04. The van der Waals surface area contributed by atoms with Crippen LogP contribution in [0.1, 0.15) is 30.2 Å². The van der Waals surface area contributed by atoms with Crippen molar-refractivity contribution in [2.24, 2.45) is 4.99 Å². The Bertz CT molecular complexity index is 767. The molecule has 3 rings (SSSR count). The number of nitrogens with one attached hydrogen (secondary N) is 2. The number of likely N-dealkylation sites (tertiary alicyclic amines) is 1. The first-order chi connectivity index (χ1) is 14.2. The van der Waals surface area contributed by atoms with E-state index in [4.69, 9.17) is 4.74 Å². The largest absolute Gasteiger partial charge is 0.375 e. The molecule has 6 nitrogen and oxygen atoms in total. The van der Waals surface area contributed by atoms with E-state index in [0.29, 0.717) is 12.6 Å². The molecule has 1 unspecified atom stereocenters. The van der Waals surface area contributed by atoms with Crippen molar-refractivity contribution >= 4 is 29.9 Å². The minimum atomic E-state index is -0.247. The Hall–Kier alpha value is -1.78. The number of hydrogen-bond donors (Lipinski definition) is 2. The standard InChI is InChI=1S/C22H30FN5O.HI/c1-24-22(26-15-21(29-2)17-6-8-18(23)9-7-17)27-19-10-13-28(14-11-19)16-20-5-3-4-12-25-20;/h3-9,12,19,21H,10-11,13-16H2,1-2H3,(H2,24,26,27);1H. The summed E-state index contributed by atoms with van der Waals surface area (Å²) in [5.74, 6) is 0.515. The fourth-order valence-corrected chi connectivity index (χ4v) is 3.55. The van der Waals surface area contributed by atoms with Crippen LogP contribution in [0, 0.1) is 5.82 Å². The predicted octanol–water partition coefficient (Wildman–Crippen LogP) is 3.36. The highest BCUT2D eigenvalue weighted by molar-refractivity contribution is 14.0. The molecule has 1 fully saturated rings. The molecule has 0 radical (unpaired) electrons. The number of aliphatic imine (C=N–C) groups is 1. The van der Waals surface area contributed by atoms with E-state index in [0.717, 1.165) is 49.7 Å². The molecule has 164 valence electrons. The van der Waals surface area contributed by atoms with E-state index in [-0.39, 0.29) is 35.9 Å². The number of halogens is 2. The zero-order valence-electron chi connectivity index (χ0n) is 17.6. The molecule has 0 saturated carbocycles. The lowest BCUT2D eigenvalue weighted by Gasteiger charge is -2.33. The van der Waals surface area contributed by atoms with Crippen LogP contribution < -0.4 is 10.6 Å².